The van der Waals surface area contributed by atoms with E-state index in [0.717, 1.165) is 41.9 Å². The first-order valence-electron chi connectivity index (χ1n) is 7.24. The third kappa shape index (κ3) is 3.92. The van der Waals surface area contributed by atoms with E-state index in [9.17, 15) is 9.59 Å². The molecule has 5 nitrogen and oxygen atoms in total. The molecule has 0 saturated heterocycles. The van der Waals surface area contributed by atoms with Crippen molar-refractivity contribution in [1.29, 1.82) is 0 Å². The summed E-state index contributed by atoms with van der Waals surface area (Å²) in [5.74, 6) is 0. The summed E-state index contributed by atoms with van der Waals surface area (Å²) in [7, 11) is 0. The fraction of sp³-hybridized carbons (Fsp3) is 0.467. The Morgan fingerprint density at radius 3 is 2.38 bits per heavy atom. The van der Waals surface area contributed by atoms with Crippen LogP contribution in [0.2, 0.25) is 0 Å². The zero-order chi connectivity index (χ0) is 15.2. The van der Waals surface area contributed by atoms with E-state index in [1.807, 2.05) is 24.3 Å². The molecule has 0 spiro atoms. The minimum Gasteiger partial charge on any atom is -0.326 e. The Kier molecular flexibility index (Phi) is 5.52. The molecule has 1 heterocycles. The van der Waals surface area contributed by atoms with Crippen molar-refractivity contribution in [1.82, 2.24) is 8.52 Å². The summed E-state index contributed by atoms with van der Waals surface area (Å²) >= 11 is 1.01. The lowest BCUT2D eigenvalue weighted by atomic mass is 10.1. The lowest BCUT2D eigenvalue weighted by molar-refractivity contribution is 0.593. The fourth-order valence-corrected chi connectivity index (χ4v) is 2.96. The Balaban J connectivity index is 2.16. The Bertz CT molecular complexity index is 682. The summed E-state index contributed by atoms with van der Waals surface area (Å²) in [6, 6.07) is 7.67. The number of nitrogens with zero attached hydrogens (tertiary/aromatic N) is 2. The van der Waals surface area contributed by atoms with Crippen LogP contribution in [0.25, 0.3) is 0 Å². The van der Waals surface area contributed by atoms with Gasteiger partial charge in [-0.15, -0.1) is 0 Å². The molecule has 114 valence electrons. The van der Waals surface area contributed by atoms with Crippen molar-refractivity contribution < 1.29 is 0 Å². The van der Waals surface area contributed by atoms with Gasteiger partial charge in [-0.25, -0.2) is 13.3 Å². The Morgan fingerprint density at radius 1 is 1.10 bits per heavy atom. The molecule has 1 aromatic carbocycles. The lowest BCUT2D eigenvalue weighted by Gasteiger charge is -2.02. The first-order valence-corrected chi connectivity index (χ1v) is 8.02. The van der Waals surface area contributed by atoms with Crippen LogP contribution in [-0.2, 0) is 19.6 Å². The van der Waals surface area contributed by atoms with Gasteiger partial charge in [0.1, 0.15) is 0 Å². The Labute approximate surface area is 127 Å². The van der Waals surface area contributed by atoms with Gasteiger partial charge >= 0.3 is 10.6 Å². The number of aromatic nitrogens is 2. The van der Waals surface area contributed by atoms with Crippen molar-refractivity contribution in [3.8, 4) is 0 Å². The second-order valence-electron chi connectivity index (χ2n) is 5.06. The molecule has 0 radical (unpaired) electrons. The van der Waals surface area contributed by atoms with Crippen LogP contribution in [0.3, 0.4) is 0 Å². The zero-order valence-corrected chi connectivity index (χ0v) is 13.1. The highest BCUT2D eigenvalue weighted by atomic mass is 32.1. The van der Waals surface area contributed by atoms with Crippen molar-refractivity contribution in [2.45, 2.75) is 45.8 Å². The van der Waals surface area contributed by atoms with Crippen LogP contribution in [-0.4, -0.2) is 8.52 Å². The van der Waals surface area contributed by atoms with Crippen molar-refractivity contribution >= 4 is 11.5 Å². The SMILES string of the molecule is CCCCCn1sc(=O)n(Cc2ccc(CN)cc2)c1=O. The topological polar surface area (TPSA) is 70.0 Å². The normalized spacial score (nSPS) is 11.0. The van der Waals surface area contributed by atoms with Gasteiger partial charge in [0.25, 0.3) is 0 Å². The summed E-state index contributed by atoms with van der Waals surface area (Å²) in [5.41, 5.74) is 7.32. The van der Waals surface area contributed by atoms with Crippen molar-refractivity contribution in [2.24, 2.45) is 5.73 Å². The van der Waals surface area contributed by atoms with Gasteiger partial charge in [0, 0.05) is 24.6 Å². The molecule has 0 amide bonds. The van der Waals surface area contributed by atoms with Crippen LogP contribution in [0.1, 0.15) is 37.3 Å². The third-order valence-corrected chi connectivity index (χ3v) is 4.35. The van der Waals surface area contributed by atoms with Crippen LogP contribution >= 0.6 is 11.5 Å². The van der Waals surface area contributed by atoms with E-state index in [1.165, 1.54) is 4.57 Å². The van der Waals surface area contributed by atoms with E-state index in [0.29, 0.717) is 19.6 Å². The molecule has 0 aliphatic rings. The number of hydrogen-bond acceptors (Lipinski definition) is 4. The van der Waals surface area contributed by atoms with E-state index >= 15 is 0 Å². The molecule has 0 unspecified atom stereocenters. The average Bonchev–Trinajstić information content (AvgIpc) is 2.76. The van der Waals surface area contributed by atoms with Gasteiger partial charge in [0.2, 0.25) is 0 Å². The molecule has 21 heavy (non-hydrogen) atoms. The molecule has 0 fully saturated rings. The van der Waals surface area contributed by atoms with Crippen molar-refractivity contribution in [2.75, 3.05) is 0 Å². The third-order valence-electron chi connectivity index (χ3n) is 3.42. The van der Waals surface area contributed by atoms with Gasteiger partial charge in [-0.1, -0.05) is 44.0 Å². The van der Waals surface area contributed by atoms with Gasteiger partial charge in [0.15, 0.2) is 0 Å². The number of hydrogen-bond donors (Lipinski definition) is 1. The molecule has 6 heteroatoms. The maximum Gasteiger partial charge on any atom is 0.341 e. The summed E-state index contributed by atoms with van der Waals surface area (Å²) in [6.45, 7) is 3.55. The maximum absolute atomic E-state index is 12.2. The van der Waals surface area contributed by atoms with Gasteiger partial charge in [-0.05, 0) is 17.5 Å². The number of benzene rings is 1. The molecule has 2 rings (SSSR count). The fourth-order valence-electron chi connectivity index (χ4n) is 2.14. The van der Waals surface area contributed by atoms with Crippen LogP contribution in [0.15, 0.2) is 33.9 Å². The lowest BCUT2D eigenvalue weighted by Crippen LogP contribution is -2.29. The highest BCUT2D eigenvalue weighted by Gasteiger charge is 2.10. The molecule has 0 bridgehead atoms. The molecule has 2 N–H and O–H groups in total. The number of unbranched alkanes of at least 4 members (excludes halogenated alkanes) is 2. The van der Waals surface area contributed by atoms with E-state index in [2.05, 4.69) is 6.92 Å². The molecular weight excluding hydrogens is 286 g/mol. The monoisotopic (exact) mass is 307 g/mol. The first-order chi connectivity index (χ1) is 10.2. The van der Waals surface area contributed by atoms with E-state index in [1.54, 1.807) is 3.96 Å². The predicted molar refractivity (Wildman–Crippen MR) is 85.8 cm³/mol. The van der Waals surface area contributed by atoms with Crippen LogP contribution < -0.4 is 16.3 Å². The number of rotatable bonds is 7. The molecule has 1 aromatic heterocycles. The number of aryl methyl sites for hydroxylation is 1. The molecule has 0 saturated carbocycles. The standard InChI is InChI=1S/C15H21N3O2S/c1-2-3-4-9-18-14(19)17(15(20)21-18)11-13-7-5-12(10-16)6-8-13/h5-8H,2-4,9-11,16H2,1H3. The van der Waals surface area contributed by atoms with Crippen molar-refractivity contribution in [3.63, 3.8) is 0 Å². The largest absolute Gasteiger partial charge is 0.341 e. The minimum atomic E-state index is -0.205. The quantitative estimate of drug-likeness (QED) is 0.793. The summed E-state index contributed by atoms with van der Waals surface area (Å²) < 4.78 is 2.86. The molecular formula is C15H21N3O2S. The van der Waals surface area contributed by atoms with Gasteiger partial charge < -0.3 is 5.73 Å². The Morgan fingerprint density at radius 2 is 1.76 bits per heavy atom. The molecule has 0 aliphatic carbocycles. The van der Waals surface area contributed by atoms with E-state index < -0.39 is 0 Å². The van der Waals surface area contributed by atoms with Gasteiger partial charge in [-0.3, -0.25) is 4.79 Å². The van der Waals surface area contributed by atoms with Crippen LogP contribution in [0.4, 0.5) is 0 Å². The van der Waals surface area contributed by atoms with E-state index in [4.69, 9.17) is 5.73 Å². The second-order valence-corrected chi connectivity index (χ2v) is 6.03. The second kappa shape index (κ2) is 7.38. The molecule has 2 aromatic rings. The molecule has 0 atom stereocenters. The summed E-state index contributed by atoms with van der Waals surface area (Å²) in [6.07, 6.45) is 3.10. The first kappa shape index (κ1) is 15.7. The van der Waals surface area contributed by atoms with Gasteiger partial charge in [-0.2, -0.15) is 0 Å². The smallest absolute Gasteiger partial charge is 0.326 e. The average molecular weight is 307 g/mol. The minimum absolute atomic E-state index is 0.195. The van der Waals surface area contributed by atoms with E-state index in [-0.39, 0.29) is 10.6 Å². The highest BCUT2D eigenvalue weighted by Crippen LogP contribution is 2.05. The summed E-state index contributed by atoms with van der Waals surface area (Å²) in [4.78, 5) is 24.0. The maximum atomic E-state index is 12.2. The highest BCUT2D eigenvalue weighted by molar-refractivity contribution is 7.03. The Hall–Kier alpha value is -1.66. The van der Waals surface area contributed by atoms with Crippen LogP contribution in [0.5, 0.6) is 0 Å². The zero-order valence-electron chi connectivity index (χ0n) is 12.2. The van der Waals surface area contributed by atoms with Gasteiger partial charge in [0.05, 0.1) is 6.54 Å². The van der Waals surface area contributed by atoms with Crippen LogP contribution in [0, 0.1) is 0 Å². The predicted octanol–water partition coefficient (Wildman–Crippen LogP) is 1.77. The van der Waals surface area contributed by atoms with Crippen molar-refractivity contribution in [3.05, 3.63) is 55.5 Å². The molecule has 0 aliphatic heterocycles. The summed E-state index contributed by atoms with van der Waals surface area (Å²) in [5, 5.41) is 0. The number of nitrogens with two attached hydrogens (primary N) is 1.